The molecule has 0 amide bonds. The lowest BCUT2D eigenvalue weighted by atomic mass is 10.1. The highest BCUT2D eigenvalue weighted by Crippen LogP contribution is 2.26. The molecule has 302 valence electrons. The van der Waals surface area contributed by atoms with E-state index in [-0.39, 0.29) is 12.2 Å². The first-order valence-electron chi connectivity index (χ1n) is 20.1. The van der Waals surface area contributed by atoms with Crippen LogP contribution in [0.25, 0.3) is 11.3 Å². The molecule has 15 heteroatoms. The highest BCUT2D eigenvalue weighted by Gasteiger charge is 2.23. The van der Waals surface area contributed by atoms with Gasteiger partial charge in [-0.2, -0.15) is 39.2 Å². The van der Waals surface area contributed by atoms with E-state index in [4.69, 9.17) is 19.2 Å². The average molecular weight is 777 g/mol. The Morgan fingerprint density at radius 2 is 1.30 bits per heavy atom. The van der Waals surface area contributed by atoms with Gasteiger partial charge in [-0.3, -0.25) is 0 Å². The lowest BCUT2D eigenvalue weighted by Crippen LogP contribution is -2.37. The molecule has 6 aromatic rings. The molecule has 6 heterocycles. The van der Waals surface area contributed by atoms with Crippen molar-refractivity contribution in [3.05, 3.63) is 89.2 Å². The normalized spacial score (nSPS) is 16.5. The minimum absolute atomic E-state index is 0.105. The zero-order valence-electron chi connectivity index (χ0n) is 34.0. The molecule has 2 aliphatic heterocycles. The van der Waals surface area contributed by atoms with Crippen molar-refractivity contribution in [3.63, 3.8) is 0 Å². The van der Waals surface area contributed by atoms with E-state index < -0.39 is 0 Å². The monoisotopic (exact) mass is 776 g/mol. The number of fused-ring (bicyclic) bond motifs is 2. The zero-order chi connectivity index (χ0) is 39.7. The van der Waals surface area contributed by atoms with Crippen molar-refractivity contribution in [1.29, 1.82) is 0 Å². The standard InChI is InChI=1S/C22H30N6O2.C20H26N6O/c1-15(2)19-14-24-28-20(19)25-22(30-17-8-10-27(3)11-9-17)26-21(28)23-13-16-6-5-7-18(12-16)29-4;1-14(2)17-13-23-26-18(17)24-20(27-16-9-6-10-21-12-16)25-19(26)22-11-15-7-4-3-5-8-15/h5-7,12,14-15,17H,8-11,13H2,1-4H3,(H,23,25,26);3-5,7-8,13-14,16,21H,6,9-12H2,1-2H3,(H,22,24,25)/t;16-/m.1/s1. The molecule has 15 nitrogen and oxygen atoms in total. The molecule has 8 rings (SSSR count). The third kappa shape index (κ3) is 10.1. The number of anilines is 2. The first kappa shape index (κ1) is 39.7. The van der Waals surface area contributed by atoms with E-state index in [1.54, 1.807) is 16.1 Å². The maximum Gasteiger partial charge on any atom is 0.322 e. The van der Waals surface area contributed by atoms with Crippen LogP contribution in [0.5, 0.6) is 17.8 Å². The summed E-state index contributed by atoms with van der Waals surface area (Å²) in [4.78, 5) is 21.0. The van der Waals surface area contributed by atoms with Gasteiger partial charge in [-0.15, -0.1) is 0 Å². The molecule has 2 saturated heterocycles. The predicted molar refractivity (Wildman–Crippen MR) is 221 cm³/mol. The van der Waals surface area contributed by atoms with E-state index in [9.17, 15) is 0 Å². The van der Waals surface area contributed by atoms with Crippen LogP contribution in [0.3, 0.4) is 0 Å². The largest absolute Gasteiger partial charge is 0.497 e. The fraction of sp³-hybridized carbons (Fsp3) is 0.476. The number of nitrogens with zero attached hydrogens (tertiary/aromatic N) is 9. The summed E-state index contributed by atoms with van der Waals surface area (Å²) in [5.41, 5.74) is 6.03. The van der Waals surface area contributed by atoms with E-state index in [1.807, 2.05) is 54.9 Å². The molecule has 2 aromatic carbocycles. The molecule has 0 aliphatic carbocycles. The van der Waals surface area contributed by atoms with Gasteiger partial charge >= 0.3 is 12.0 Å². The second-order valence-electron chi connectivity index (χ2n) is 15.4. The maximum atomic E-state index is 6.20. The molecule has 2 fully saturated rings. The Labute approximate surface area is 334 Å². The van der Waals surface area contributed by atoms with Crippen LogP contribution in [-0.2, 0) is 13.1 Å². The Morgan fingerprint density at radius 3 is 1.86 bits per heavy atom. The number of hydrogen-bond donors (Lipinski definition) is 3. The second-order valence-corrected chi connectivity index (χ2v) is 15.4. The van der Waals surface area contributed by atoms with Gasteiger partial charge in [0.1, 0.15) is 18.0 Å². The summed E-state index contributed by atoms with van der Waals surface area (Å²) in [7, 11) is 3.81. The number of ether oxygens (including phenoxy) is 3. The number of rotatable bonds is 13. The Bertz CT molecular complexity index is 2190. The smallest absolute Gasteiger partial charge is 0.322 e. The predicted octanol–water partition coefficient (Wildman–Crippen LogP) is 6.33. The van der Waals surface area contributed by atoms with Crippen molar-refractivity contribution in [2.24, 2.45) is 0 Å². The minimum atomic E-state index is 0.105. The first-order chi connectivity index (χ1) is 27.7. The van der Waals surface area contributed by atoms with Gasteiger partial charge in [-0.25, -0.2) is 0 Å². The molecular formula is C42H56N12O3. The van der Waals surface area contributed by atoms with Crippen LogP contribution in [-0.4, -0.2) is 96.6 Å². The lowest BCUT2D eigenvalue weighted by Gasteiger charge is -2.28. The van der Waals surface area contributed by atoms with Crippen LogP contribution >= 0.6 is 0 Å². The highest BCUT2D eigenvalue weighted by molar-refractivity contribution is 5.54. The summed E-state index contributed by atoms with van der Waals surface area (Å²) < 4.78 is 21.1. The molecule has 0 unspecified atom stereocenters. The van der Waals surface area contributed by atoms with Gasteiger partial charge in [0.05, 0.1) is 19.5 Å². The lowest BCUT2D eigenvalue weighted by molar-refractivity contribution is 0.105. The van der Waals surface area contributed by atoms with Crippen molar-refractivity contribution in [1.82, 2.24) is 49.4 Å². The zero-order valence-corrected chi connectivity index (χ0v) is 34.0. The second kappa shape index (κ2) is 18.6. The molecule has 1 atom stereocenters. The van der Waals surface area contributed by atoms with Crippen molar-refractivity contribution < 1.29 is 14.2 Å². The summed E-state index contributed by atoms with van der Waals surface area (Å²) in [5.74, 6) is 2.73. The van der Waals surface area contributed by atoms with Crippen LogP contribution in [0.2, 0.25) is 0 Å². The topological polar surface area (TPSA) is 153 Å². The molecular weight excluding hydrogens is 721 g/mol. The van der Waals surface area contributed by atoms with Crippen LogP contribution in [0, 0.1) is 0 Å². The Hall–Kier alpha value is -5.54. The number of aromatic nitrogens is 8. The third-order valence-electron chi connectivity index (χ3n) is 10.3. The summed E-state index contributed by atoms with van der Waals surface area (Å²) in [6.45, 7) is 13.7. The summed E-state index contributed by atoms with van der Waals surface area (Å²) >= 11 is 0. The Kier molecular flexibility index (Phi) is 13.0. The molecule has 3 N–H and O–H groups in total. The van der Waals surface area contributed by atoms with E-state index in [1.165, 1.54) is 5.56 Å². The summed E-state index contributed by atoms with van der Waals surface area (Å²) in [6.07, 6.45) is 8.07. The number of nitrogens with one attached hydrogen (secondary N) is 3. The van der Waals surface area contributed by atoms with Crippen LogP contribution in [0.15, 0.2) is 67.0 Å². The van der Waals surface area contributed by atoms with Crippen molar-refractivity contribution >= 4 is 23.2 Å². The number of piperidine rings is 2. The van der Waals surface area contributed by atoms with Crippen LogP contribution in [0.1, 0.15) is 87.5 Å². The van der Waals surface area contributed by atoms with E-state index in [0.29, 0.717) is 48.8 Å². The van der Waals surface area contributed by atoms with Gasteiger partial charge in [0.15, 0.2) is 11.3 Å². The third-order valence-corrected chi connectivity index (χ3v) is 10.3. The van der Waals surface area contributed by atoms with Crippen LogP contribution in [0.4, 0.5) is 11.9 Å². The van der Waals surface area contributed by atoms with Gasteiger partial charge in [0.2, 0.25) is 11.9 Å². The molecule has 57 heavy (non-hydrogen) atoms. The average Bonchev–Trinajstić information content (AvgIpc) is 3.87. The van der Waals surface area contributed by atoms with Crippen molar-refractivity contribution in [2.75, 3.05) is 51.0 Å². The van der Waals surface area contributed by atoms with E-state index in [0.717, 1.165) is 85.6 Å². The first-order valence-corrected chi connectivity index (χ1v) is 20.1. The van der Waals surface area contributed by atoms with Gasteiger partial charge in [-0.05, 0) is 74.4 Å². The number of methoxy groups -OCH3 is 1. The highest BCUT2D eigenvalue weighted by atomic mass is 16.5. The Morgan fingerprint density at radius 1 is 0.719 bits per heavy atom. The Balaban J connectivity index is 0.000000175. The molecule has 0 spiro atoms. The van der Waals surface area contributed by atoms with Gasteiger partial charge in [-0.1, -0.05) is 70.2 Å². The van der Waals surface area contributed by atoms with Crippen LogP contribution < -0.4 is 30.2 Å². The van der Waals surface area contributed by atoms with Gasteiger partial charge < -0.3 is 35.1 Å². The number of benzene rings is 2. The molecule has 2 aliphatic rings. The van der Waals surface area contributed by atoms with Gasteiger partial charge in [0, 0.05) is 43.9 Å². The van der Waals surface area contributed by atoms with Gasteiger partial charge in [0.25, 0.3) is 0 Å². The summed E-state index contributed by atoms with van der Waals surface area (Å²) in [5, 5.41) is 19.2. The fourth-order valence-corrected chi connectivity index (χ4v) is 6.96. The fourth-order valence-electron chi connectivity index (χ4n) is 6.96. The molecule has 4 aromatic heterocycles. The minimum Gasteiger partial charge on any atom is -0.497 e. The SMILES string of the molecule is CC(C)c1cnn2c(NCc3ccccc3)nc(O[C@@H]3CCCNC3)nc12.COc1cccc(CNc2nc(OC3CCN(C)CC3)nc3c(C(C)C)cnn23)c1. The maximum absolute atomic E-state index is 6.20. The molecule has 0 bridgehead atoms. The van der Waals surface area contributed by atoms with E-state index in [2.05, 4.69) is 92.9 Å². The molecule has 0 saturated carbocycles. The summed E-state index contributed by atoms with van der Waals surface area (Å²) in [6, 6.07) is 19.0. The van der Waals surface area contributed by atoms with Crippen molar-refractivity contribution in [3.8, 4) is 17.8 Å². The quantitative estimate of drug-likeness (QED) is 0.120. The van der Waals surface area contributed by atoms with E-state index >= 15 is 0 Å². The number of hydrogen-bond acceptors (Lipinski definition) is 13. The number of likely N-dealkylation sites (tertiary alicyclic amines) is 1. The molecule has 0 radical (unpaired) electrons. The van der Waals surface area contributed by atoms with Crippen molar-refractivity contribution in [2.45, 2.75) is 90.5 Å².